The number of benzene rings is 2. The topological polar surface area (TPSA) is 88.4 Å². The highest BCUT2D eigenvalue weighted by Gasteiger charge is 2.35. The molecule has 188 valence electrons. The van der Waals surface area contributed by atoms with E-state index < -0.39 is 12.0 Å². The predicted octanol–water partition coefficient (Wildman–Crippen LogP) is 3.59. The number of nitrogens with zero attached hydrogens (tertiary/aromatic N) is 2. The Kier molecular flexibility index (Phi) is 7.65. The summed E-state index contributed by atoms with van der Waals surface area (Å²) in [6.07, 6.45) is 1.78. The van der Waals surface area contributed by atoms with Crippen molar-refractivity contribution < 1.29 is 23.7 Å². The van der Waals surface area contributed by atoms with E-state index >= 15 is 0 Å². The van der Waals surface area contributed by atoms with Gasteiger partial charge in [0.05, 0.1) is 43.7 Å². The third kappa shape index (κ3) is 4.70. The molecular formula is C26H25BrN2O6S. The molecule has 1 atom stereocenters. The maximum absolute atomic E-state index is 13.8. The summed E-state index contributed by atoms with van der Waals surface area (Å²) in [4.78, 5) is 32.1. The summed E-state index contributed by atoms with van der Waals surface area (Å²) < 4.78 is 24.5. The van der Waals surface area contributed by atoms with Gasteiger partial charge in [0.1, 0.15) is 23.3 Å². The number of halogens is 1. The molecule has 0 amide bonds. The van der Waals surface area contributed by atoms with Gasteiger partial charge in [-0.2, -0.15) is 0 Å². The average Bonchev–Trinajstić information content (AvgIpc) is 3.18. The van der Waals surface area contributed by atoms with Crippen molar-refractivity contribution in [2.45, 2.75) is 19.9 Å². The number of methoxy groups -OCH3 is 3. The van der Waals surface area contributed by atoms with Crippen LogP contribution < -0.4 is 29.1 Å². The van der Waals surface area contributed by atoms with Gasteiger partial charge in [-0.25, -0.2) is 9.79 Å². The van der Waals surface area contributed by atoms with Crippen molar-refractivity contribution >= 4 is 39.3 Å². The fraction of sp³-hybridized carbons (Fsp3) is 0.269. The first-order valence-corrected chi connectivity index (χ1v) is 12.7. The highest BCUT2D eigenvalue weighted by molar-refractivity contribution is 9.10. The summed E-state index contributed by atoms with van der Waals surface area (Å²) in [5.74, 6) is 1.18. The van der Waals surface area contributed by atoms with Crippen molar-refractivity contribution in [3.63, 3.8) is 0 Å². The third-order valence-electron chi connectivity index (χ3n) is 5.74. The summed E-state index contributed by atoms with van der Waals surface area (Å²) in [7, 11) is 4.68. The van der Waals surface area contributed by atoms with Crippen molar-refractivity contribution in [1.82, 2.24) is 4.57 Å². The normalized spacial score (nSPS) is 15.3. The standard InChI is InChI=1S/C26H25BrN2O6S/c1-6-35-25(31)22-14(2)28-26-29(23(22)18-13-17(33-4)8-10-20(18)34-5)24(30)21(36-26)12-15-11-16(32-3)7-9-19(15)27/h7-13,23H,6H2,1-5H3/b21-12-/t23-/m1/s1. The highest BCUT2D eigenvalue weighted by atomic mass is 79.9. The Morgan fingerprint density at radius 2 is 1.81 bits per heavy atom. The maximum atomic E-state index is 13.8. The van der Waals surface area contributed by atoms with Crippen LogP contribution in [0.25, 0.3) is 6.08 Å². The molecule has 4 rings (SSSR count). The van der Waals surface area contributed by atoms with Crippen LogP contribution >= 0.6 is 27.3 Å². The quantitative estimate of drug-likeness (QED) is 0.402. The molecule has 0 aliphatic carbocycles. The van der Waals surface area contributed by atoms with E-state index in [1.54, 1.807) is 52.3 Å². The van der Waals surface area contributed by atoms with E-state index in [1.165, 1.54) is 23.0 Å². The fourth-order valence-electron chi connectivity index (χ4n) is 4.04. The maximum Gasteiger partial charge on any atom is 0.338 e. The molecule has 2 aromatic carbocycles. The summed E-state index contributed by atoms with van der Waals surface area (Å²) in [5, 5.41) is 0. The Morgan fingerprint density at radius 1 is 1.11 bits per heavy atom. The number of hydrogen-bond acceptors (Lipinski definition) is 8. The number of hydrogen-bond donors (Lipinski definition) is 0. The molecule has 3 aromatic rings. The van der Waals surface area contributed by atoms with Crippen LogP contribution in [0.4, 0.5) is 0 Å². The number of thiazole rings is 1. The molecule has 0 bridgehead atoms. The zero-order chi connectivity index (χ0) is 26.0. The molecule has 8 nitrogen and oxygen atoms in total. The Bertz CT molecular complexity index is 1540. The van der Waals surface area contributed by atoms with Gasteiger partial charge in [-0.3, -0.25) is 9.36 Å². The Balaban J connectivity index is 2.02. The molecule has 1 aliphatic heterocycles. The van der Waals surface area contributed by atoms with E-state index in [9.17, 15) is 9.59 Å². The van der Waals surface area contributed by atoms with E-state index in [1.807, 2.05) is 18.2 Å². The lowest BCUT2D eigenvalue weighted by molar-refractivity contribution is -0.139. The average molecular weight is 573 g/mol. The molecule has 10 heteroatoms. The Labute approximate surface area is 220 Å². The molecule has 1 aliphatic rings. The van der Waals surface area contributed by atoms with E-state index in [4.69, 9.17) is 18.9 Å². The van der Waals surface area contributed by atoms with Gasteiger partial charge < -0.3 is 18.9 Å². The van der Waals surface area contributed by atoms with Crippen LogP contribution in [-0.4, -0.2) is 38.5 Å². The van der Waals surface area contributed by atoms with Crippen molar-refractivity contribution in [1.29, 1.82) is 0 Å². The first kappa shape index (κ1) is 25.7. The number of ether oxygens (including phenoxy) is 4. The van der Waals surface area contributed by atoms with Gasteiger partial charge in [-0.05, 0) is 61.9 Å². The smallest absolute Gasteiger partial charge is 0.338 e. The van der Waals surface area contributed by atoms with Gasteiger partial charge in [0, 0.05) is 10.0 Å². The summed E-state index contributed by atoms with van der Waals surface area (Å²) in [5.41, 5.74) is 1.81. The Morgan fingerprint density at radius 3 is 2.47 bits per heavy atom. The van der Waals surface area contributed by atoms with Crippen molar-refractivity contribution in [2.75, 3.05) is 27.9 Å². The number of fused-ring (bicyclic) bond motifs is 1. The highest BCUT2D eigenvalue weighted by Crippen LogP contribution is 2.37. The van der Waals surface area contributed by atoms with E-state index in [0.717, 1.165) is 10.0 Å². The lowest BCUT2D eigenvalue weighted by Gasteiger charge is -2.26. The van der Waals surface area contributed by atoms with Crippen LogP contribution in [0.1, 0.15) is 31.0 Å². The van der Waals surface area contributed by atoms with Gasteiger partial charge in [0.2, 0.25) is 0 Å². The molecule has 0 fully saturated rings. The molecule has 0 N–H and O–H groups in total. The fourth-order valence-corrected chi connectivity index (χ4v) is 5.44. The predicted molar refractivity (Wildman–Crippen MR) is 141 cm³/mol. The zero-order valence-electron chi connectivity index (χ0n) is 20.5. The zero-order valence-corrected chi connectivity index (χ0v) is 22.9. The summed E-state index contributed by atoms with van der Waals surface area (Å²) in [6.45, 7) is 3.66. The van der Waals surface area contributed by atoms with Gasteiger partial charge in [0.25, 0.3) is 5.56 Å². The number of rotatable bonds is 7. The molecule has 2 heterocycles. The van der Waals surface area contributed by atoms with Crippen molar-refractivity contribution in [3.05, 3.63) is 83.0 Å². The molecule has 0 saturated carbocycles. The molecule has 0 radical (unpaired) electrons. The van der Waals surface area contributed by atoms with Crippen LogP contribution in [0.2, 0.25) is 0 Å². The summed E-state index contributed by atoms with van der Waals surface area (Å²) in [6, 6.07) is 9.96. The molecular weight excluding hydrogens is 548 g/mol. The minimum atomic E-state index is -0.818. The molecule has 0 unspecified atom stereocenters. The van der Waals surface area contributed by atoms with Crippen LogP contribution in [0.15, 0.2) is 61.9 Å². The second-order valence-corrected chi connectivity index (χ2v) is 9.66. The van der Waals surface area contributed by atoms with E-state index in [2.05, 4.69) is 20.9 Å². The van der Waals surface area contributed by atoms with Crippen molar-refractivity contribution in [3.8, 4) is 17.2 Å². The SMILES string of the molecule is CCOC(=O)C1=C(C)N=c2s/c(=C\c3cc(OC)ccc3Br)c(=O)n2[C@@H]1c1cc(OC)ccc1OC. The van der Waals surface area contributed by atoms with Gasteiger partial charge in [-0.15, -0.1) is 0 Å². The molecule has 0 spiro atoms. The number of esters is 1. The second kappa shape index (κ2) is 10.7. The first-order chi connectivity index (χ1) is 17.3. The first-order valence-electron chi connectivity index (χ1n) is 11.1. The minimum Gasteiger partial charge on any atom is -0.497 e. The van der Waals surface area contributed by atoms with E-state index in [0.29, 0.717) is 37.8 Å². The molecule has 1 aromatic heterocycles. The lowest BCUT2D eigenvalue weighted by Crippen LogP contribution is -2.40. The van der Waals surface area contributed by atoms with Crippen LogP contribution in [0.3, 0.4) is 0 Å². The number of carbonyl (C=O) groups excluding carboxylic acids is 1. The van der Waals surface area contributed by atoms with Gasteiger partial charge >= 0.3 is 5.97 Å². The van der Waals surface area contributed by atoms with Crippen LogP contribution in [0.5, 0.6) is 17.2 Å². The lowest BCUT2D eigenvalue weighted by atomic mass is 9.94. The van der Waals surface area contributed by atoms with Crippen LogP contribution in [0, 0.1) is 0 Å². The second-order valence-electron chi connectivity index (χ2n) is 7.80. The molecule has 36 heavy (non-hydrogen) atoms. The summed E-state index contributed by atoms with van der Waals surface area (Å²) >= 11 is 4.78. The van der Waals surface area contributed by atoms with Crippen LogP contribution in [-0.2, 0) is 9.53 Å². The number of carbonyl (C=O) groups is 1. The minimum absolute atomic E-state index is 0.186. The number of allylic oxidation sites excluding steroid dienone is 1. The largest absolute Gasteiger partial charge is 0.497 e. The van der Waals surface area contributed by atoms with Crippen molar-refractivity contribution in [2.24, 2.45) is 4.99 Å². The van der Waals surface area contributed by atoms with E-state index in [-0.39, 0.29) is 17.7 Å². The molecule has 0 saturated heterocycles. The Hall–Kier alpha value is -3.37. The number of aromatic nitrogens is 1. The third-order valence-corrected chi connectivity index (χ3v) is 7.44. The van der Waals surface area contributed by atoms with Gasteiger partial charge in [0.15, 0.2) is 4.80 Å². The van der Waals surface area contributed by atoms with Gasteiger partial charge in [-0.1, -0.05) is 27.3 Å². The monoisotopic (exact) mass is 572 g/mol.